The highest BCUT2D eigenvalue weighted by atomic mass is 32.2. The second kappa shape index (κ2) is 4.10. The molecule has 0 aliphatic carbocycles. The lowest BCUT2D eigenvalue weighted by atomic mass is 10.2. The lowest BCUT2D eigenvalue weighted by Gasteiger charge is -2.10. The molecular formula is C8H14N2O3S. The predicted octanol–water partition coefficient (Wildman–Crippen LogP) is -0.191. The fourth-order valence-electron chi connectivity index (χ4n) is 1.19. The molecule has 0 spiro atoms. The Balaban J connectivity index is 2.55. The molecule has 1 rings (SSSR count). The molecule has 5 nitrogen and oxygen atoms in total. The van der Waals surface area contributed by atoms with Crippen LogP contribution in [0.25, 0.3) is 0 Å². The van der Waals surface area contributed by atoms with Crippen molar-refractivity contribution in [3.8, 4) is 0 Å². The molecule has 0 bridgehead atoms. The standard InChI is InChI=1S/C8H14N2O3S/c1-8(3-6-14(11,12)13)10-5-4-9(2)7-10/h4-5,7-8H,3,6H2,1-2H3. The van der Waals surface area contributed by atoms with Gasteiger partial charge in [0.15, 0.2) is 0 Å². The first-order valence-corrected chi connectivity index (χ1v) is 5.92. The maximum atomic E-state index is 10.4. The van der Waals surface area contributed by atoms with E-state index in [1.807, 2.05) is 41.8 Å². The summed E-state index contributed by atoms with van der Waals surface area (Å²) in [5.74, 6) is -0.309. The van der Waals surface area contributed by atoms with Crippen molar-refractivity contribution in [2.24, 2.45) is 7.05 Å². The molecule has 1 unspecified atom stereocenters. The number of rotatable bonds is 4. The van der Waals surface area contributed by atoms with E-state index in [9.17, 15) is 13.0 Å². The molecular weight excluding hydrogens is 204 g/mol. The van der Waals surface area contributed by atoms with Crippen molar-refractivity contribution in [1.29, 1.82) is 0 Å². The number of hydrogen-bond acceptors (Lipinski definition) is 3. The van der Waals surface area contributed by atoms with Gasteiger partial charge in [-0.1, -0.05) is 0 Å². The van der Waals surface area contributed by atoms with Crippen LogP contribution < -0.4 is 4.57 Å². The van der Waals surface area contributed by atoms with Crippen molar-refractivity contribution in [3.05, 3.63) is 18.7 Å². The zero-order chi connectivity index (χ0) is 10.8. The SMILES string of the molecule is CC(CCS(=O)(=O)[O-])n1cc[n+](C)c1. The zero-order valence-electron chi connectivity index (χ0n) is 8.25. The van der Waals surface area contributed by atoms with Gasteiger partial charge in [0, 0.05) is 12.2 Å². The van der Waals surface area contributed by atoms with Crippen molar-refractivity contribution in [2.45, 2.75) is 19.4 Å². The summed E-state index contributed by atoms with van der Waals surface area (Å²) >= 11 is 0. The monoisotopic (exact) mass is 218 g/mol. The van der Waals surface area contributed by atoms with E-state index in [0.717, 1.165) is 0 Å². The van der Waals surface area contributed by atoms with E-state index in [1.165, 1.54) is 0 Å². The molecule has 80 valence electrons. The van der Waals surface area contributed by atoms with Crippen molar-refractivity contribution in [3.63, 3.8) is 0 Å². The largest absolute Gasteiger partial charge is 0.748 e. The third kappa shape index (κ3) is 3.47. The highest BCUT2D eigenvalue weighted by molar-refractivity contribution is 7.85. The number of aryl methyl sites for hydroxylation is 1. The second-order valence-corrected chi connectivity index (χ2v) is 4.95. The van der Waals surface area contributed by atoms with E-state index in [2.05, 4.69) is 0 Å². The lowest BCUT2D eigenvalue weighted by Crippen LogP contribution is -2.24. The van der Waals surface area contributed by atoms with Crippen LogP contribution in [0.1, 0.15) is 19.4 Å². The molecule has 0 saturated carbocycles. The summed E-state index contributed by atoms with van der Waals surface area (Å²) < 4.78 is 35.0. The van der Waals surface area contributed by atoms with Gasteiger partial charge in [0.1, 0.15) is 12.4 Å². The fourth-order valence-corrected chi connectivity index (χ4v) is 1.82. The summed E-state index contributed by atoms with van der Waals surface area (Å²) in [6.07, 6.45) is 5.91. The van der Waals surface area contributed by atoms with Gasteiger partial charge in [0.2, 0.25) is 6.33 Å². The van der Waals surface area contributed by atoms with E-state index >= 15 is 0 Å². The molecule has 1 heterocycles. The quantitative estimate of drug-likeness (QED) is 0.519. The summed E-state index contributed by atoms with van der Waals surface area (Å²) in [6, 6.07) is 0.0277. The smallest absolute Gasteiger partial charge is 0.243 e. The normalized spacial score (nSPS) is 14.2. The first kappa shape index (κ1) is 11.2. The van der Waals surface area contributed by atoms with Gasteiger partial charge < -0.3 is 4.55 Å². The fraction of sp³-hybridized carbons (Fsp3) is 0.625. The third-order valence-electron chi connectivity index (χ3n) is 2.08. The molecule has 0 aliphatic heterocycles. The van der Waals surface area contributed by atoms with E-state index in [0.29, 0.717) is 6.42 Å². The minimum Gasteiger partial charge on any atom is -0.748 e. The topological polar surface area (TPSA) is 66.0 Å². The molecule has 0 radical (unpaired) electrons. The molecule has 0 amide bonds. The van der Waals surface area contributed by atoms with Crippen LogP contribution in [0.3, 0.4) is 0 Å². The van der Waals surface area contributed by atoms with Gasteiger partial charge in [0.05, 0.1) is 23.2 Å². The molecule has 6 heteroatoms. The van der Waals surface area contributed by atoms with E-state index in [1.54, 1.807) is 0 Å². The minimum atomic E-state index is -4.09. The van der Waals surface area contributed by atoms with Crippen LogP contribution in [0.4, 0.5) is 0 Å². The second-order valence-electron chi connectivity index (χ2n) is 3.43. The van der Waals surface area contributed by atoms with E-state index < -0.39 is 10.1 Å². The highest BCUT2D eigenvalue weighted by Gasteiger charge is 2.11. The lowest BCUT2D eigenvalue weighted by molar-refractivity contribution is -0.671. The van der Waals surface area contributed by atoms with Gasteiger partial charge in [-0.25, -0.2) is 17.6 Å². The molecule has 1 aromatic heterocycles. The summed E-state index contributed by atoms with van der Waals surface area (Å²) in [5, 5.41) is 0. The molecule has 0 saturated heterocycles. The van der Waals surface area contributed by atoms with E-state index in [4.69, 9.17) is 0 Å². The average Bonchev–Trinajstić information content (AvgIpc) is 2.46. The van der Waals surface area contributed by atoms with Crippen molar-refractivity contribution >= 4 is 10.1 Å². The number of aromatic nitrogens is 2. The summed E-state index contributed by atoms with van der Waals surface area (Å²) in [6.45, 7) is 1.88. The zero-order valence-corrected chi connectivity index (χ0v) is 9.07. The maximum absolute atomic E-state index is 10.4. The molecule has 0 N–H and O–H groups in total. The van der Waals surface area contributed by atoms with Crippen LogP contribution in [-0.2, 0) is 17.2 Å². The molecule has 0 aromatic carbocycles. The van der Waals surface area contributed by atoms with Crippen molar-refractivity contribution in [1.82, 2.24) is 4.57 Å². The molecule has 0 aliphatic rings. The van der Waals surface area contributed by atoms with Crippen LogP contribution >= 0.6 is 0 Å². The van der Waals surface area contributed by atoms with Crippen molar-refractivity contribution < 1.29 is 17.5 Å². The maximum Gasteiger partial charge on any atom is 0.243 e. The molecule has 0 fully saturated rings. The number of hydrogen-bond donors (Lipinski definition) is 0. The van der Waals surface area contributed by atoms with Gasteiger partial charge in [-0.2, -0.15) is 0 Å². The Morgan fingerprint density at radius 3 is 2.64 bits per heavy atom. The minimum absolute atomic E-state index is 0.0277. The van der Waals surface area contributed by atoms with Gasteiger partial charge >= 0.3 is 0 Å². The first-order chi connectivity index (χ1) is 6.38. The Morgan fingerprint density at radius 2 is 2.21 bits per heavy atom. The Morgan fingerprint density at radius 1 is 1.57 bits per heavy atom. The van der Waals surface area contributed by atoms with Crippen LogP contribution in [0.2, 0.25) is 0 Å². The van der Waals surface area contributed by atoms with Gasteiger partial charge in [-0.05, 0) is 6.92 Å². The Kier molecular flexibility index (Phi) is 3.28. The van der Waals surface area contributed by atoms with Crippen LogP contribution in [-0.4, -0.2) is 23.3 Å². The Bertz CT molecular complexity index is 396. The van der Waals surface area contributed by atoms with Crippen LogP contribution in [0.15, 0.2) is 18.7 Å². The third-order valence-corrected chi connectivity index (χ3v) is 2.82. The Labute approximate surface area is 83.7 Å². The molecule has 1 aromatic rings. The van der Waals surface area contributed by atoms with E-state index in [-0.39, 0.29) is 11.8 Å². The summed E-state index contributed by atoms with van der Waals surface area (Å²) in [5.41, 5.74) is 0. The summed E-state index contributed by atoms with van der Waals surface area (Å²) in [7, 11) is -2.21. The van der Waals surface area contributed by atoms with Gasteiger partial charge in [-0.3, -0.25) is 0 Å². The number of nitrogens with zero attached hydrogens (tertiary/aromatic N) is 2. The molecule has 14 heavy (non-hydrogen) atoms. The Hall–Kier alpha value is -0.880. The average molecular weight is 218 g/mol. The first-order valence-electron chi connectivity index (χ1n) is 4.35. The number of imidazole rings is 1. The molecule has 1 atom stereocenters. The van der Waals surface area contributed by atoms with Gasteiger partial charge in [-0.15, -0.1) is 0 Å². The summed E-state index contributed by atoms with van der Waals surface area (Å²) in [4.78, 5) is 0. The van der Waals surface area contributed by atoms with Crippen molar-refractivity contribution in [2.75, 3.05) is 5.75 Å². The predicted molar refractivity (Wildman–Crippen MR) is 49.5 cm³/mol. The van der Waals surface area contributed by atoms with Crippen LogP contribution in [0, 0.1) is 0 Å². The highest BCUT2D eigenvalue weighted by Crippen LogP contribution is 2.09. The van der Waals surface area contributed by atoms with Crippen LogP contribution in [0.5, 0.6) is 0 Å². The van der Waals surface area contributed by atoms with Gasteiger partial charge in [0.25, 0.3) is 0 Å².